The molecule has 0 aromatic heterocycles. The van der Waals surface area contributed by atoms with Gasteiger partial charge in [-0.3, -0.25) is 4.90 Å². The van der Waals surface area contributed by atoms with E-state index in [0.29, 0.717) is 19.6 Å². The minimum Gasteiger partial charge on any atom is -0.737 e. The molecule has 0 unspecified atom stereocenters. The van der Waals surface area contributed by atoms with E-state index >= 15 is 0 Å². The van der Waals surface area contributed by atoms with Crippen LogP contribution in [0, 0.1) is 10.4 Å². The highest BCUT2D eigenvalue weighted by Crippen LogP contribution is 2.00. The Labute approximate surface area is 76.5 Å². The van der Waals surface area contributed by atoms with Crippen molar-refractivity contribution in [3.63, 3.8) is 0 Å². The van der Waals surface area contributed by atoms with Crippen molar-refractivity contribution in [1.82, 2.24) is 9.91 Å². The van der Waals surface area contributed by atoms with Crippen LogP contribution >= 0.6 is 0 Å². The van der Waals surface area contributed by atoms with Crippen LogP contribution in [0.4, 0.5) is 0 Å². The number of nitrogens with two attached hydrogens (primary N) is 1. The van der Waals surface area contributed by atoms with Crippen molar-refractivity contribution in [3.05, 3.63) is 10.4 Å². The summed E-state index contributed by atoms with van der Waals surface area (Å²) in [6.07, 6.45) is 0. The summed E-state index contributed by atoms with van der Waals surface area (Å²) in [4.78, 5) is 2.26. The summed E-state index contributed by atoms with van der Waals surface area (Å²) in [5.41, 5.74) is 5.38. The van der Waals surface area contributed by atoms with Crippen LogP contribution in [0.1, 0.15) is 0 Å². The molecule has 2 N–H and O–H groups in total. The second kappa shape index (κ2) is 4.83. The van der Waals surface area contributed by atoms with Crippen LogP contribution in [0.15, 0.2) is 5.28 Å². The minimum atomic E-state index is 0.111. The van der Waals surface area contributed by atoms with Crippen LogP contribution in [-0.4, -0.2) is 54.1 Å². The molecule has 7 heteroatoms. The Balaban J connectivity index is 2.30. The van der Waals surface area contributed by atoms with E-state index in [1.165, 1.54) is 5.01 Å². The Bertz CT molecular complexity index is 178. The van der Waals surface area contributed by atoms with Gasteiger partial charge < -0.3 is 16.1 Å². The van der Waals surface area contributed by atoms with Crippen LogP contribution in [0.5, 0.6) is 0 Å². The van der Waals surface area contributed by atoms with E-state index in [1.807, 2.05) is 0 Å². The van der Waals surface area contributed by atoms with Crippen LogP contribution in [0.3, 0.4) is 0 Å². The molecule has 13 heavy (non-hydrogen) atoms. The van der Waals surface area contributed by atoms with Crippen molar-refractivity contribution in [1.29, 1.82) is 0 Å². The molecule has 1 rings (SSSR count). The largest absolute Gasteiger partial charge is 0.737 e. The molecule has 1 aliphatic heterocycles. The first kappa shape index (κ1) is 10.0. The molecule has 1 saturated heterocycles. The number of hydrazine groups is 1. The fraction of sp³-hybridized carbons (Fsp3) is 1.00. The fourth-order valence-corrected chi connectivity index (χ4v) is 1.37. The molecule has 0 spiro atoms. The number of rotatable bonds is 3. The lowest BCUT2D eigenvalue weighted by Gasteiger charge is -2.31. The third kappa shape index (κ3) is 2.71. The summed E-state index contributed by atoms with van der Waals surface area (Å²) in [6, 6.07) is 0. The first-order valence-electron chi connectivity index (χ1n) is 4.25. The van der Waals surface area contributed by atoms with E-state index in [9.17, 15) is 10.4 Å². The van der Waals surface area contributed by atoms with Crippen molar-refractivity contribution in [3.8, 4) is 0 Å². The minimum absolute atomic E-state index is 0.111. The summed E-state index contributed by atoms with van der Waals surface area (Å²) in [7, 11) is 0. The molecule has 0 aromatic carbocycles. The zero-order valence-electron chi connectivity index (χ0n) is 7.43. The maximum atomic E-state index is 10.8. The van der Waals surface area contributed by atoms with Gasteiger partial charge in [0.05, 0.1) is 13.1 Å². The number of hydrogen-bond donors (Lipinski definition) is 1. The topological polar surface area (TPSA) is 94.0 Å². The second-order valence-corrected chi connectivity index (χ2v) is 2.92. The third-order valence-corrected chi connectivity index (χ3v) is 2.11. The van der Waals surface area contributed by atoms with Crippen molar-refractivity contribution in [2.24, 2.45) is 11.0 Å². The lowest BCUT2D eigenvalue weighted by molar-refractivity contribution is -0.692. The quantitative estimate of drug-likeness (QED) is 0.346. The van der Waals surface area contributed by atoms with Crippen molar-refractivity contribution >= 4 is 0 Å². The zero-order valence-corrected chi connectivity index (χ0v) is 7.43. The van der Waals surface area contributed by atoms with Gasteiger partial charge in [0.15, 0.2) is 0 Å². The van der Waals surface area contributed by atoms with Gasteiger partial charge in [0.2, 0.25) is 0 Å². The Morgan fingerprint density at radius 3 is 2.38 bits per heavy atom. The van der Waals surface area contributed by atoms with Gasteiger partial charge in [-0.1, -0.05) is 0 Å². The predicted octanol–water partition coefficient (Wildman–Crippen LogP) is -1.06. The lowest BCUT2D eigenvalue weighted by atomic mass is 10.3. The molecular formula is C6H14N5O2-. The molecular weight excluding hydrogens is 174 g/mol. The zero-order chi connectivity index (χ0) is 9.68. The van der Waals surface area contributed by atoms with E-state index < -0.39 is 0 Å². The fourth-order valence-electron chi connectivity index (χ4n) is 1.37. The van der Waals surface area contributed by atoms with Crippen LogP contribution < -0.4 is 5.73 Å². The van der Waals surface area contributed by atoms with Crippen molar-refractivity contribution < 1.29 is 4.97 Å². The normalized spacial score (nSPS) is 20.7. The third-order valence-electron chi connectivity index (χ3n) is 2.11. The number of piperazine rings is 1. The average molecular weight is 188 g/mol. The van der Waals surface area contributed by atoms with Gasteiger partial charge in [0, 0.05) is 31.1 Å². The molecule has 0 atom stereocenters. The molecule has 0 amide bonds. The highest BCUT2D eigenvalue weighted by Gasteiger charge is 2.20. The number of nitrogens with zero attached hydrogens (tertiary/aromatic N) is 4. The summed E-state index contributed by atoms with van der Waals surface area (Å²) in [6.45, 7) is 4.04. The van der Waals surface area contributed by atoms with Crippen molar-refractivity contribution in [2.75, 3.05) is 39.3 Å². The number of hydrogen-bond acceptors (Lipinski definition) is 5. The van der Waals surface area contributed by atoms with Gasteiger partial charge in [-0.15, -0.1) is 5.01 Å². The summed E-state index contributed by atoms with van der Waals surface area (Å²) >= 11 is 0. The molecule has 0 radical (unpaired) electrons. The molecule has 1 aliphatic rings. The predicted molar refractivity (Wildman–Crippen MR) is 46.5 cm³/mol. The summed E-state index contributed by atoms with van der Waals surface area (Å²) in [5, 5.41) is 24.3. The first-order valence-corrected chi connectivity index (χ1v) is 4.25. The Kier molecular flexibility index (Phi) is 3.71. The molecule has 0 saturated carbocycles. The highest BCUT2D eigenvalue weighted by atomic mass is 16.6. The molecule has 0 aromatic rings. The Morgan fingerprint density at radius 1 is 1.31 bits per heavy atom. The van der Waals surface area contributed by atoms with Gasteiger partial charge in [-0.2, -0.15) is 0 Å². The van der Waals surface area contributed by atoms with Gasteiger partial charge in [-0.05, 0) is 5.28 Å². The monoisotopic (exact) mass is 188 g/mol. The van der Waals surface area contributed by atoms with E-state index in [-0.39, 0.29) is 4.97 Å². The van der Waals surface area contributed by atoms with Gasteiger partial charge in [-0.25, -0.2) is 0 Å². The van der Waals surface area contributed by atoms with Gasteiger partial charge in [0.25, 0.3) is 0 Å². The summed E-state index contributed by atoms with van der Waals surface area (Å²) in [5.74, 6) is 0. The second-order valence-electron chi connectivity index (χ2n) is 2.92. The standard InChI is InChI=1S/C6H15N5O2/c7-1-2-9-3-5-10(6-4-9)11(13)8-12/h12H,1-7H2/p-1/b11-8+. The van der Waals surface area contributed by atoms with Gasteiger partial charge >= 0.3 is 0 Å². The maximum Gasteiger partial charge on any atom is 0.0895 e. The smallest absolute Gasteiger partial charge is 0.0895 e. The van der Waals surface area contributed by atoms with E-state index in [0.717, 1.165) is 19.6 Å². The van der Waals surface area contributed by atoms with Crippen LogP contribution in [0.25, 0.3) is 0 Å². The highest BCUT2D eigenvalue weighted by molar-refractivity contribution is 4.66. The molecule has 1 fully saturated rings. The SMILES string of the molecule is NCCN1CCN(/[N+]([O-])=N\[O-])CC1. The van der Waals surface area contributed by atoms with Gasteiger partial charge in [0.1, 0.15) is 0 Å². The Hall–Kier alpha value is -1.08. The Morgan fingerprint density at radius 2 is 1.92 bits per heavy atom. The van der Waals surface area contributed by atoms with Crippen molar-refractivity contribution in [2.45, 2.75) is 0 Å². The summed E-state index contributed by atoms with van der Waals surface area (Å²) < 4.78 is 0. The van der Waals surface area contributed by atoms with E-state index in [2.05, 4.69) is 10.2 Å². The van der Waals surface area contributed by atoms with Crippen LogP contribution in [-0.2, 0) is 0 Å². The van der Waals surface area contributed by atoms with E-state index in [4.69, 9.17) is 5.73 Å². The van der Waals surface area contributed by atoms with E-state index in [1.54, 1.807) is 0 Å². The van der Waals surface area contributed by atoms with Crippen LogP contribution in [0.2, 0.25) is 0 Å². The maximum absolute atomic E-state index is 10.8. The molecule has 1 heterocycles. The molecule has 0 aliphatic carbocycles. The lowest BCUT2D eigenvalue weighted by Crippen LogP contribution is -2.49. The molecule has 7 nitrogen and oxygen atoms in total. The molecule has 76 valence electrons. The average Bonchev–Trinajstić information content (AvgIpc) is 2.18. The first-order chi connectivity index (χ1) is 6.27. The molecule has 0 bridgehead atoms.